The summed E-state index contributed by atoms with van der Waals surface area (Å²) in [5, 5.41) is 3.05. The van der Waals surface area contributed by atoms with Gasteiger partial charge in [-0.1, -0.05) is 0 Å². The minimum atomic E-state index is -1.18. The number of H-pyrrole nitrogens is 1. The van der Waals surface area contributed by atoms with Crippen molar-refractivity contribution in [3.8, 4) is 0 Å². The fraction of sp³-hybridized carbons (Fsp3) is 0.200. The third kappa shape index (κ3) is 3.35. The molecule has 0 radical (unpaired) electrons. The first-order chi connectivity index (χ1) is 13.9. The number of methoxy groups -OCH3 is 1. The van der Waals surface area contributed by atoms with Crippen LogP contribution in [0.4, 0.5) is 14.6 Å². The lowest BCUT2D eigenvalue weighted by Gasteiger charge is -2.07. The Hall–Kier alpha value is -3.62. The van der Waals surface area contributed by atoms with Crippen LogP contribution in [-0.4, -0.2) is 34.7 Å². The highest BCUT2D eigenvalue weighted by atomic mass is 19.1. The van der Waals surface area contributed by atoms with Gasteiger partial charge in [0.2, 0.25) is 11.7 Å². The van der Waals surface area contributed by atoms with E-state index in [1.54, 1.807) is 0 Å². The van der Waals surface area contributed by atoms with E-state index in [4.69, 9.17) is 0 Å². The number of hydrogen-bond donors (Lipinski definition) is 2. The Labute approximate surface area is 163 Å². The van der Waals surface area contributed by atoms with Crippen LogP contribution in [0.15, 0.2) is 30.6 Å². The normalized spacial score (nSPS) is 13.3. The SMILES string of the molecule is COC(=O)c1cc(F)c(C(=O)c2c[nH]c3c(NC(=O)C4CC4)nccc23)c(F)c1. The van der Waals surface area contributed by atoms with Crippen LogP contribution in [0.1, 0.15) is 39.1 Å². The van der Waals surface area contributed by atoms with Crippen LogP contribution in [-0.2, 0) is 9.53 Å². The Bertz CT molecular complexity index is 1140. The number of pyridine rings is 1. The van der Waals surface area contributed by atoms with Crippen molar-refractivity contribution in [1.82, 2.24) is 9.97 Å². The van der Waals surface area contributed by atoms with Gasteiger partial charge in [-0.2, -0.15) is 0 Å². The van der Waals surface area contributed by atoms with E-state index in [0.29, 0.717) is 10.9 Å². The van der Waals surface area contributed by atoms with Crippen molar-refractivity contribution in [2.45, 2.75) is 12.8 Å². The Morgan fingerprint density at radius 1 is 1.21 bits per heavy atom. The predicted molar refractivity (Wildman–Crippen MR) is 98.6 cm³/mol. The number of aromatic nitrogens is 2. The molecule has 0 bridgehead atoms. The number of anilines is 1. The summed E-state index contributed by atoms with van der Waals surface area (Å²) in [6.07, 6.45) is 4.32. The molecule has 4 rings (SSSR count). The van der Waals surface area contributed by atoms with Gasteiger partial charge in [0.15, 0.2) is 5.82 Å². The van der Waals surface area contributed by atoms with Gasteiger partial charge in [0.1, 0.15) is 11.6 Å². The van der Waals surface area contributed by atoms with Gasteiger partial charge in [-0.05, 0) is 31.0 Å². The lowest BCUT2D eigenvalue weighted by atomic mass is 10.0. The Morgan fingerprint density at radius 2 is 1.90 bits per heavy atom. The van der Waals surface area contributed by atoms with E-state index in [1.165, 1.54) is 18.5 Å². The molecule has 1 aromatic carbocycles. The molecule has 7 nitrogen and oxygen atoms in total. The lowest BCUT2D eigenvalue weighted by molar-refractivity contribution is -0.117. The summed E-state index contributed by atoms with van der Waals surface area (Å²) in [7, 11) is 1.08. The molecule has 29 heavy (non-hydrogen) atoms. The van der Waals surface area contributed by atoms with Crippen LogP contribution >= 0.6 is 0 Å². The highest BCUT2D eigenvalue weighted by molar-refractivity contribution is 6.18. The second kappa shape index (κ2) is 7.08. The summed E-state index contributed by atoms with van der Waals surface area (Å²) in [6.45, 7) is 0. The summed E-state index contributed by atoms with van der Waals surface area (Å²) in [5.74, 6) is -4.16. The van der Waals surface area contributed by atoms with Gasteiger partial charge in [-0.3, -0.25) is 9.59 Å². The standard InChI is InChI=1S/C20H15F2N3O4/c1-29-20(28)10-6-13(21)15(14(22)7-10)17(26)12-8-24-16-11(12)4-5-23-18(16)25-19(27)9-2-3-9/h4-9,24H,2-3H2,1H3,(H,23,25,27). The van der Waals surface area contributed by atoms with Crippen molar-refractivity contribution < 1.29 is 27.9 Å². The van der Waals surface area contributed by atoms with Crippen molar-refractivity contribution in [1.29, 1.82) is 0 Å². The number of carbonyl (C=O) groups excluding carboxylic acids is 3. The number of nitrogens with one attached hydrogen (secondary N) is 2. The van der Waals surface area contributed by atoms with E-state index in [2.05, 4.69) is 20.0 Å². The largest absolute Gasteiger partial charge is 0.465 e. The molecule has 1 aliphatic carbocycles. The summed E-state index contributed by atoms with van der Waals surface area (Å²) < 4.78 is 33.3. The average molecular weight is 399 g/mol. The summed E-state index contributed by atoms with van der Waals surface area (Å²) in [5.41, 5.74) is -0.754. The van der Waals surface area contributed by atoms with Gasteiger partial charge in [0.25, 0.3) is 0 Å². The summed E-state index contributed by atoms with van der Waals surface area (Å²) in [6, 6.07) is 3.00. The number of ketones is 1. The zero-order valence-corrected chi connectivity index (χ0v) is 15.2. The van der Waals surface area contributed by atoms with Crippen molar-refractivity contribution >= 4 is 34.4 Å². The molecular formula is C20H15F2N3O4. The van der Waals surface area contributed by atoms with Gasteiger partial charge >= 0.3 is 5.97 Å². The quantitative estimate of drug-likeness (QED) is 0.507. The lowest BCUT2D eigenvalue weighted by Crippen LogP contribution is -2.14. The van der Waals surface area contributed by atoms with Gasteiger partial charge in [-0.15, -0.1) is 0 Å². The van der Waals surface area contributed by atoms with Gasteiger partial charge < -0.3 is 15.0 Å². The second-order valence-corrected chi connectivity index (χ2v) is 6.68. The average Bonchev–Trinajstić information content (AvgIpc) is 3.46. The zero-order chi connectivity index (χ0) is 20.7. The molecule has 0 aliphatic heterocycles. The maximum Gasteiger partial charge on any atom is 0.338 e. The molecule has 0 saturated heterocycles. The fourth-order valence-electron chi connectivity index (χ4n) is 3.06. The number of aromatic amines is 1. The number of hydrogen-bond acceptors (Lipinski definition) is 5. The number of ether oxygens (including phenoxy) is 1. The van der Waals surface area contributed by atoms with Gasteiger partial charge in [0, 0.05) is 29.3 Å². The number of nitrogens with zero attached hydrogens (tertiary/aromatic N) is 1. The molecule has 2 aromatic heterocycles. The monoisotopic (exact) mass is 399 g/mol. The topological polar surface area (TPSA) is 101 Å². The molecule has 1 saturated carbocycles. The number of carbonyl (C=O) groups is 3. The molecule has 3 aromatic rings. The predicted octanol–water partition coefficient (Wildman–Crippen LogP) is 3.21. The van der Waals surface area contributed by atoms with Crippen LogP contribution in [0.5, 0.6) is 0 Å². The van der Waals surface area contributed by atoms with Crippen molar-refractivity contribution in [2.24, 2.45) is 5.92 Å². The van der Waals surface area contributed by atoms with E-state index in [-0.39, 0.29) is 28.8 Å². The molecule has 1 fully saturated rings. The molecule has 148 valence electrons. The first-order valence-electron chi connectivity index (χ1n) is 8.79. The van der Waals surface area contributed by atoms with Crippen molar-refractivity contribution in [3.05, 3.63) is 58.9 Å². The van der Waals surface area contributed by atoms with E-state index in [9.17, 15) is 23.2 Å². The highest BCUT2D eigenvalue weighted by Crippen LogP contribution is 2.32. The van der Waals surface area contributed by atoms with Gasteiger partial charge in [-0.25, -0.2) is 18.6 Å². The maximum absolute atomic E-state index is 14.4. The van der Waals surface area contributed by atoms with Crippen LogP contribution in [0, 0.1) is 17.6 Å². The molecule has 2 heterocycles. The molecule has 1 amide bonds. The number of benzene rings is 1. The van der Waals surface area contributed by atoms with Crippen molar-refractivity contribution in [3.63, 3.8) is 0 Å². The summed E-state index contributed by atoms with van der Waals surface area (Å²) >= 11 is 0. The van der Waals surface area contributed by atoms with Crippen LogP contribution in [0.3, 0.4) is 0 Å². The molecule has 0 spiro atoms. The van der Waals surface area contributed by atoms with Crippen molar-refractivity contribution in [2.75, 3.05) is 12.4 Å². The number of amides is 1. The smallest absolute Gasteiger partial charge is 0.338 e. The Balaban J connectivity index is 1.73. The fourth-order valence-corrected chi connectivity index (χ4v) is 3.06. The van der Waals surface area contributed by atoms with E-state index in [0.717, 1.165) is 32.1 Å². The minimum absolute atomic E-state index is 0.00735. The van der Waals surface area contributed by atoms with Crippen LogP contribution < -0.4 is 5.32 Å². The first kappa shape index (κ1) is 18.7. The number of esters is 1. The van der Waals surface area contributed by atoms with E-state index in [1.807, 2.05) is 0 Å². The number of halogens is 2. The van der Waals surface area contributed by atoms with Gasteiger partial charge in [0.05, 0.1) is 23.8 Å². The molecule has 1 aliphatic rings. The number of fused-ring (bicyclic) bond motifs is 1. The molecule has 9 heteroatoms. The Morgan fingerprint density at radius 3 is 2.52 bits per heavy atom. The first-order valence-corrected chi connectivity index (χ1v) is 8.79. The molecular weight excluding hydrogens is 384 g/mol. The zero-order valence-electron chi connectivity index (χ0n) is 15.2. The van der Waals surface area contributed by atoms with Crippen LogP contribution in [0.2, 0.25) is 0 Å². The molecule has 0 unspecified atom stereocenters. The Kier molecular flexibility index (Phi) is 4.57. The third-order valence-electron chi connectivity index (χ3n) is 4.73. The van der Waals surface area contributed by atoms with Crippen LogP contribution in [0.25, 0.3) is 10.9 Å². The van der Waals surface area contributed by atoms with E-state index >= 15 is 0 Å². The maximum atomic E-state index is 14.4. The molecule has 0 atom stereocenters. The summed E-state index contributed by atoms with van der Waals surface area (Å²) in [4.78, 5) is 43.3. The second-order valence-electron chi connectivity index (χ2n) is 6.68. The third-order valence-corrected chi connectivity index (χ3v) is 4.73. The highest BCUT2D eigenvalue weighted by Gasteiger charge is 2.30. The molecule has 2 N–H and O–H groups in total. The van der Waals surface area contributed by atoms with E-state index < -0.39 is 29.0 Å². The minimum Gasteiger partial charge on any atom is -0.465 e. The number of rotatable bonds is 5.